The van der Waals surface area contributed by atoms with Gasteiger partial charge in [-0.3, -0.25) is 4.79 Å². The van der Waals surface area contributed by atoms with Crippen molar-refractivity contribution in [2.45, 2.75) is 47.0 Å². The number of nitrogens with zero attached hydrogens (tertiary/aromatic N) is 1. The van der Waals surface area contributed by atoms with Crippen molar-refractivity contribution in [3.05, 3.63) is 39.9 Å². The first-order chi connectivity index (χ1) is 8.76. The van der Waals surface area contributed by atoms with Crippen LogP contribution in [0.25, 0.3) is 10.9 Å². The summed E-state index contributed by atoms with van der Waals surface area (Å²) in [5.41, 5.74) is 2.22. The second-order valence-corrected chi connectivity index (χ2v) is 6.69. The number of aromatic amines is 1. The van der Waals surface area contributed by atoms with E-state index in [1.54, 1.807) is 0 Å². The topological polar surface area (TPSA) is 45.8 Å². The van der Waals surface area contributed by atoms with Gasteiger partial charge in [0.15, 0.2) is 0 Å². The fourth-order valence-corrected chi connectivity index (χ4v) is 2.20. The predicted molar refractivity (Wildman–Crippen MR) is 79.6 cm³/mol. The minimum Gasteiger partial charge on any atom is -0.310 e. The van der Waals surface area contributed by atoms with Gasteiger partial charge in [-0.15, -0.1) is 0 Å². The van der Waals surface area contributed by atoms with E-state index in [4.69, 9.17) is 0 Å². The average molecular weight is 258 g/mol. The van der Waals surface area contributed by atoms with E-state index in [1.165, 1.54) is 5.56 Å². The lowest BCUT2D eigenvalue weighted by molar-refractivity contribution is 0.411. The largest absolute Gasteiger partial charge is 0.310 e. The third-order valence-corrected chi connectivity index (χ3v) is 3.07. The monoisotopic (exact) mass is 258 g/mol. The van der Waals surface area contributed by atoms with Crippen LogP contribution < -0.4 is 5.56 Å². The van der Waals surface area contributed by atoms with Crippen LogP contribution in [-0.2, 0) is 6.42 Å². The Hall–Kier alpha value is -1.64. The number of hydrogen-bond donors (Lipinski definition) is 1. The fraction of sp³-hybridized carbons (Fsp3) is 0.500. The van der Waals surface area contributed by atoms with Gasteiger partial charge in [-0.2, -0.15) is 0 Å². The van der Waals surface area contributed by atoms with Crippen molar-refractivity contribution in [2.75, 3.05) is 0 Å². The minimum atomic E-state index is -0.0454. The van der Waals surface area contributed by atoms with E-state index in [0.717, 1.165) is 17.8 Å². The van der Waals surface area contributed by atoms with Gasteiger partial charge in [0.25, 0.3) is 5.56 Å². The van der Waals surface area contributed by atoms with Crippen molar-refractivity contribution in [1.29, 1.82) is 0 Å². The zero-order chi connectivity index (χ0) is 14.2. The summed E-state index contributed by atoms with van der Waals surface area (Å²) in [5.74, 6) is 0.980. The van der Waals surface area contributed by atoms with Crippen LogP contribution in [0, 0.1) is 5.41 Å². The number of nitrogens with one attached hydrogen (secondary N) is 1. The van der Waals surface area contributed by atoms with Gasteiger partial charge >= 0.3 is 0 Å². The molecule has 0 saturated carbocycles. The quantitative estimate of drug-likeness (QED) is 0.894. The Kier molecular flexibility index (Phi) is 3.48. The van der Waals surface area contributed by atoms with Gasteiger partial charge in [0, 0.05) is 5.92 Å². The smallest absolute Gasteiger partial charge is 0.258 e. The van der Waals surface area contributed by atoms with Gasteiger partial charge in [0.2, 0.25) is 0 Å². The van der Waals surface area contributed by atoms with Gasteiger partial charge in [-0.25, -0.2) is 4.98 Å². The highest BCUT2D eigenvalue weighted by molar-refractivity contribution is 5.78. The van der Waals surface area contributed by atoms with E-state index >= 15 is 0 Å². The Morgan fingerprint density at radius 3 is 2.53 bits per heavy atom. The number of H-pyrrole nitrogens is 1. The predicted octanol–water partition coefficient (Wildman–Crippen LogP) is 3.64. The SMILES string of the molecule is CC(C)c1nc2cc(CC(C)(C)C)ccc2c(=O)[nH]1. The molecule has 0 amide bonds. The molecular weight excluding hydrogens is 236 g/mol. The van der Waals surface area contributed by atoms with Gasteiger partial charge in [0.1, 0.15) is 5.82 Å². The molecule has 0 spiro atoms. The number of aromatic nitrogens is 2. The minimum absolute atomic E-state index is 0.0454. The molecule has 0 radical (unpaired) electrons. The third kappa shape index (κ3) is 3.22. The Bertz CT molecular complexity index is 648. The first-order valence-corrected chi connectivity index (χ1v) is 6.79. The van der Waals surface area contributed by atoms with Crippen molar-refractivity contribution < 1.29 is 0 Å². The zero-order valence-corrected chi connectivity index (χ0v) is 12.4. The van der Waals surface area contributed by atoms with Gasteiger partial charge < -0.3 is 4.98 Å². The molecule has 3 nitrogen and oxygen atoms in total. The first-order valence-electron chi connectivity index (χ1n) is 6.79. The number of benzene rings is 1. The zero-order valence-electron chi connectivity index (χ0n) is 12.4. The molecular formula is C16H22N2O. The summed E-state index contributed by atoms with van der Waals surface area (Å²) in [4.78, 5) is 19.4. The molecule has 1 aromatic heterocycles. The molecule has 102 valence electrons. The highest BCUT2D eigenvalue weighted by atomic mass is 16.1. The molecule has 2 aromatic rings. The van der Waals surface area contributed by atoms with E-state index in [1.807, 2.05) is 32.0 Å². The van der Waals surface area contributed by atoms with Crippen LogP contribution in [0.2, 0.25) is 0 Å². The second-order valence-electron chi connectivity index (χ2n) is 6.69. The van der Waals surface area contributed by atoms with Crippen LogP contribution in [0.5, 0.6) is 0 Å². The lowest BCUT2D eigenvalue weighted by atomic mass is 9.88. The molecule has 0 bridgehead atoms. The standard InChI is InChI=1S/C16H22N2O/c1-10(2)14-17-13-8-11(9-16(3,4)5)6-7-12(13)15(19)18-14/h6-8,10H,9H2,1-5H3,(H,17,18,19). The van der Waals surface area contributed by atoms with Gasteiger partial charge in [-0.1, -0.05) is 40.7 Å². The lowest BCUT2D eigenvalue weighted by Gasteiger charge is -2.18. The molecule has 0 aliphatic carbocycles. The molecule has 3 heteroatoms. The molecule has 19 heavy (non-hydrogen) atoms. The van der Waals surface area contributed by atoms with E-state index in [9.17, 15) is 4.79 Å². The van der Waals surface area contributed by atoms with Crippen molar-refractivity contribution in [3.63, 3.8) is 0 Å². The fourth-order valence-electron chi connectivity index (χ4n) is 2.20. The van der Waals surface area contributed by atoms with Crippen LogP contribution in [0.4, 0.5) is 0 Å². The van der Waals surface area contributed by atoms with Crippen LogP contribution in [-0.4, -0.2) is 9.97 Å². The Balaban J connectivity index is 2.55. The third-order valence-electron chi connectivity index (χ3n) is 3.07. The normalized spacial score (nSPS) is 12.3. The molecule has 0 fully saturated rings. The molecule has 0 atom stereocenters. The number of rotatable bonds is 2. The van der Waals surface area contributed by atoms with Crippen LogP contribution in [0.15, 0.2) is 23.0 Å². The van der Waals surface area contributed by atoms with Crippen LogP contribution in [0.1, 0.15) is 51.9 Å². The van der Waals surface area contributed by atoms with E-state index in [-0.39, 0.29) is 16.9 Å². The number of hydrogen-bond acceptors (Lipinski definition) is 2. The van der Waals surface area contributed by atoms with Crippen LogP contribution in [0.3, 0.4) is 0 Å². The second kappa shape index (κ2) is 4.80. The Labute approximate surface area is 114 Å². The molecule has 0 aliphatic heterocycles. The molecule has 0 aliphatic rings. The molecule has 1 aromatic carbocycles. The van der Waals surface area contributed by atoms with Crippen LogP contribution >= 0.6 is 0 Å². The first kappa shape index (κ1) is 13.8. The summed E-state index contributed by atoms with van der Waals surface area (Å²) >= 11 is 0. The summed E-state index contributed by atoms with van der Waals surface area (Å²) in [7, 11) is 0. The molecule has 0 saturated heterocycles. The summed E-state index contributed by atoms with van der Waals surface area (Å²) in [5, 5.41) is 0.669. The molecule has 0 unspecified atom stereocenters. The lowest BCUT2D eigenvalue weighted by Crippen LogP contribution is -2.14. The maximum absolute atomic E-state index is 12.0. The molecule has 1 heterocycles. The Morgan fingerprint density at radius 2 is 1.95 bits per heavy atom. The van der Waals surface area contributed by atoms with Gasteiger partial charge in [0.05, 0.1) is 10.9 Å². The molecule has 1 N–H and O–H groups in total. The van der Waals surface area contributed by atoms with E-state index in [2.05, 4.69) is 30.7 Å². The summed E-state index contributed by atoms with van der Waals surface area (Å²) in [6.07, 6.45) is 0.981. The van der Waals surface area contributed by atoms with Crippen molar-refractivity contribution in [2.24, 2.45) is 5.41 Å². The van der Waals surface area contributed by atoms with Gasteiger partial charge in [-0.05, 0) is 29.5 Å². The van der Waals surface area contributed by atoms with Crippen molar-refractivity contribution in [1.82, 2.24) is 9.97 Å². The maximum atomic E-state index is 12.0. The highest BCUT2D eigenvalue weighted by Crippen LogP contribution is 2.22. The van der Waals surface area contributed by atoms with Crippen molar-refractivity contribution in [3.8, 4) is 0 Å². The average Bonchev–Trinajstić information content (AvgIpc) is 2.25. The molecule has 2 rings (SSSR count). The van der Waals surface area contributed by atoms with E-state index in [0.29, 0.717) is 5.39 Å². The number of fused-ring (bicyclic) bond motifs is 1. The highest BCUT2D eigenvalue weighted by Gasteiger charge is 2.13. The van der Waals surface area contributed by atoms with Crippen molar-refractivity contribution >= 4 is 10.9 Å². The maximum Gasteiger partial charge on any atom is 0.258 e. The Morgan fingerprint density at radius 1 is 1.26 bits per heavy atom. The summed E-state index contributed by atoms with van der Waals surface area (Å²) in [6, 6.07) is 5.95. The summed E-state index contributed by atoms with van der Waals surface area (Å²) in [6.45, 7) is 10.7. The van der Waals surface area contributed by atoms with E-state index < -0.39 is 0 Å². The summed E-state index contributed by atoms with van der Waals surface area (Å²) < 4.78 is 0.